The molecule has 14 heteroatoms. The zero-order valence-electron chi connectivity index (χ0n) is 29.4. The number of amides is 2. The summed E-state index contributed by atoms with van der Waals surface area (Å²) in [6.45, 7) is 16.4. The quantitative estimate of drug-likeness (QED) is 0.292. The van der Waals surface area contributed by atoms with Crippen molar-refractivity contribution in [1.82, 2.24) is 14.7 Å². The lowest BCUT2D eigenvalue weighted by Gasteiger charge is -2.24. The van der Waals surface area contributed by atoms with Crippen molar-refractivity contribution in [3.63, 3.8) is 0 Å². The number of halogens is 3. The Hall–Kier alpha value is -1.70. The van der Waals surface area contributed by atoms with Crippen LogP contribution in [0.5, 0.6) is 11.5 Å². The van der Waals surface area contributed by atoms with Gasteiger partial charge in [0.15, 0.2) is 0 Å². The summed E-state index contributed by atoms with van der Waals surface area (Å²) in [7, 11) is 2.14. The topological polar surface area (TPSA) is 103 Å². The fourth-order valence-electron chi connectivity index (χ4n) is 5.05. The highest BCUT2D eigenvalue weighted by Gasteiger charge is 2.31. The second-order valence-corrected chi connectivity index (χ2v) is 19.1. The first-order valence-corrected chi connectivity index (χ1v) is 19.8. The summed E-state index contributed by atoms with van der Waals surface area (Å²) in [6, 6.07) is 10.1. The Kier molecular flexibility index (Phi) is 15.9. The van der Waals surface area contributed by atoms with Crippen LogP contribution in [0.3, 0.4) is 0 Å². The lowest BCUT2D eigenvalue weighted by Crippen LogP contribution is -2.35. The molecular weight excluding hydrogens is 773 g/mol. The van der Waals surface area contributed by atoms with Crippen LogP contribution in [-0.2, 0) is 9.47 Å². The van der Waals surface area contributed by atoms with Gasteiger partial charge in [-0.1, -0.05) is 39.1 Å². The van der Waals surface area contributed by atoms with E-state index in [2.05, 4.69) is 27.9 Å². The van der Waals surface area contributed by atoms with Crippen molar-refractivity contribution in [3.8, 4) is 11.5 Å². The second-order valence-electron chi connectivity index (χ2n) is 14.3. The number of carbonyl (C=O) groups is 2. The monoisotopic (exact) mass is 821 g/mol. The van der Waals surface area contributed by atoms with Crippen LogP contribution in [0.2, 0.25) is 10.0 Å². The Bertz CT molecular complexity index is 1410. The fraction of sp³-hybridized carbons (Fsp3) is 0.600. The van der Waals surface area contributed by atoms with Gasteiger partial charge in [0.2, 0.25) is 0 Å². The van der Waals surface area contributed by atoms with Gasteiger partial charge in [0.05, 0.1) is 10.0 Å². The number of carbonyl (C=O) groups excluding carboxylic acids is 2. The summed E-state index contributed by atoms with van der Waals surface area (Å²) in [5.74, 6) is 0.388. The number of hydrogen-bond acceptors (Lipinski definition) is 9. The van der Waals surface area contributed by atoms with E-state index < -0.39 is 5.60 Å². The Morgan fingerprint density at radius 2 is 1.16 bits per heavy atom. The number of hydrogen-bond donors (Lipinski definition) is 2. The zero-order chi connectivity index (χ0) is 36.5. The first kappa shape index (κ1) is 41.7. The van der Waals surface area contributed by atoms with Crippen molar-refractivity contribution in [2.75, 3.05) is 46.3 Å². The third-order valence-corrected chi connectivity index (χ3v) is 11.6. The van der Waals surface area contributed by atoms with Gasteiger partial charge in [-0.2, -0.15) is 0 Å². The van der Waals surface area contributed by atoms with E-state index in [-0.39, 0.29) is 29.3 Å². The Balaban J connectivity index is 0.000000206. The van der Waals surface area contributed by atoms with Crippen molar-refractivity contribution in [2.24, 2.45) is 0 Å². The maximum Gasteiger partial charge on any atom is 0.410 e. The van der Waals surface area contributed by atoms with Gasteiger partial charge in [-0.25, -0.2) is 9.59 Å². The molecule has 3 aliphatic heterocycles. The van der Waals surface area contributed by atoms with Gasteiger partial charge in [-0.05, 0) is 111 Å². The molecule has 2 aromatic rings. The van der Waals surface area contributed by atoms with Crippen molar-refractivity contribution in [1.29, 1.82) is 0 Å². The van der Waals surface area contributed by atoms with Gasteiger partial charge in [-0.3, -0.25) is 0 Å². The van der Waals surface area contributed by atoms with Crippen LogP contribution in [0, 0.1) is 0 Å². The van der Waals surface area contributed by atoms with Crippen LogP contribution in [0.25, 0.3) is 0 Å². The number of rotatable bonds is 4. The molecular formula is C35H50BrCl2N3O6S2. The van der Waals surface area contributed by atoms with Gasteiger partial charge < -0.3 is 34.4 Å². The molecule has 0 aliphatic carbocycles. The smallest absolute Gasteiger partial charge is 0.410 e. The van der Waals surface area contributed by atoms with Crippen LogP contribution in [0.4, 0.5) is 9.59 Å². The van der Waals surface area contributed by atoms with E-state index in [4.69, 9.17) is 32.7 Å². The highest BCUT2D eigenvalue weighted by molar-refractivity contribution is 9.09. The number of phenolic OH excluding ortho intramolecular Hbond substituents is 2. The molecule has 3 atom stereocenters. The third-order valence-electron chi connectivity index (χ3n) is 7.35. The largest absolute Gasteiger partial charge is 0.508 e. The number of phenols is 2. The molecule has 49 heavy (non-hydrogen) atoms. The zero-order valence-corrected chi connectivity index (χ0v) is 34.1. The summed E-state index contributed by atoms with van der Waals surface area (Å²) < 4.78 is 10.6. The molecule has 2 amide bonds. The van der Waals surface area contributed by atoms with Crippen molar-refractivity contribution >= 4 is 74.8 Å². The van der Waals surface area contributed by atoms with Crippen LogP contribution < -0.4 is 0 Å². The highest BCUT2D eigenvalue weighted by atomic mass is 79.9. The molecule has 9 nitrogen and oxygen atoms in total. The van der Waals surface area contributed by atoms with Crippen molar-refractivity contribution in [3.05, 3.63) is 46.4 Å². The highest BCUT2D eigenvalue weighted by Crippen LogP contribution is 2.37. The van der Waals surface area contributed by atoms with Crippen LogP contribution in [0.15, 0.2) is 46.2 Å². The van der Waals surface area contributed by atoms with E-state index in [9.17, 15) is 19.8 Å². The summed E-state index contributed by atoms with van der Waals surface area (Å²) in [5.41, 5.74) is -0.857. The molecule has 0 bridgehead atoms. The van der Waals surface area contributed by atoms with E-state index in [0.29, 0.717) is 38.5 Å². The molecule has 3 heterocycles. The lowest BCUT2D eigenvalue weighted by atomic mass is 10.2. The van der Waals surface area contributed by atoms with Crippen molar-refractivity contribution < 1.29 is 29.3 Å². The second kappa shape index (κ2) is 18.7. The molecule has 0 radical (unpaired) electrons. The molecule has 3 fully saturated rings. The van der Waals surface area contributed by atoms with Crippen LogP contribution in [-0.4, -0.2) is 110 Å². The average molecular weight is 824 g/mol. The van der Waals surface area contributed by atoms with Gasteiger partial charge in [-0.15, -0.1) is 23.5 Å². The van der Waals surface area contributed by atoms with Gasteiger partial charge in [0.1, 0.15) is 22.7 Å². The molecule has 0 saturated carbocycles. The van der Waals surface area contributed by atoms with Gasteiger partial charge in [0.25, 0.3) is 0 Å². The Morgan fingerprint density at radius 3 is 1.55 bits per heavy atom. The molecule has 3 saturated heterocycles. The lowest BCUT2D eigenvalue weighted by molar-refractivity contribution is 0.0285. The predicted molar refractivity (Wildman–Crippen MR) is 205 cm³/mol. The standard InChI is InChI=1S/C15H20ClNO3S.C11H14ClNOS.C9H16BrNO2/c1-15(2,3)20-14(19)17-7-6-11(9-17)21-13-5-4-10(18)8-12(13)16;1-13-5-4-9(7-13)15-11-3-2-8(14)6-10(11)12;1-9(2,3)13-8(12)11-5-4-7(10)6-11/h4-5,8,11,18H,6-7,9H2,1-3H3;2-3,6,9,14H,4-5,7H2,1H3;7H,4-6H2,1-3H3/t11-;9-;7-/m001/s1. The average Bonchev–Trinajstić information content (AvgIpc) is 3.72. The van der Waals surface area contributed by atoms with E-state index >= 15 is 0 Å². The number of nitrogens with zero attached hydrogens (tertiary/aromatic N) is 3. The first-order chi connectivity index (χ1) is 22.8. The molecule has 0 spiro atoms. The Morgan fingerprint density at radius 1 is 0.735 bits per heavy atom. The predicted octanol–water partition coefficient (Wildman–Crippen LogP) is 9.38. The van der Waals surface area contributed by atoms with E-state index in [1.54, 1.807) is 57.6 Å². The third kappa shape index (κ3) is 15.2. The van der Waals surface area contributed by atoms with E-state index in [0.717, 1.165) is 48.8 Å². The maximum atomic E-state index is 12.0. The SMILES string of the molecule is CC(C)(C)OC(=O)N1CC[C@@H](Br)C1.CC(C)(C)OC(=O)N1CC[C@H](Sc2ccc(O)cc2Cl)C1.CN1CC[C@H](Sc2ccc(O)cc2Cl)C1. The maximum absolute atomic E-state index is 12.0. The normalized spacial score (nSPS) is 21.1. The number of benzene rings is 2. The molecule has 2 aromatic carbocycles. The summed E-state index contributed by atoms with van der Waals surface area (Å²) in [5, 5.41) is 20.7. The molecule has 3 aliphatic rings. The molecule has 5 rings (SSSR count). The summed E-state index contributed by atoms with van der Waals surface area (Å²) >= 11 is 19.1. The van der Waals surface area contributed by atoms with E-state index in [1.165, 1.54) is 12.5 Å². The minimum absolute atomic E-state index is 0.158. The Labute approximate surface area is 318 Å². The van der Waals surface area contributed by atoms with E-state index in [1.807, 2.05) is 47.6 Å². The molecule has 0 aromatic heterocycles. The first-order valence-electron chi connectivity index (χ1n) is 16.4. The summed E-state index contributed by atoms with van der Waals surface area (Å²) in [6.07, 6.45) is 2.66. The van der Waals surface area contributed by atoms with Crippen LogP contribution in [0.1, 0.15) is 60.8 Å². The fourth-order valence-corrected chi connectivity index (χ4v) is 8.60. The van der Waals surface area contributed by atoms with Gasteiger partial charge >= 0.3 is 12.2 Å². The minimum atomic E-state index is -0.470. The number of alkyl halides is 1. The van der Waals surface area contributed by atoms with Crippen molar-refractivity contribution in [2.45, 2.75) is 97.1 Å². The molecule has 2 N–H and O–H groups in total. The van der Waals surface area contributed by atoms with Crippen LogP contribution >= 0.6 is 62.7 Å². The minimum Gasteiger partial charge on any atom is -0.508 e. The molecule has 0 unspecified atom stereocenters. The number of likely N-dealkylation sites (tertiary alicyclic amines) is 3. The number of ether oxygens (including phenoxy) is 2. The van der Waals surface area contributed by atoms with Gasteiger partial charge in [0, 0.05) is 57.8 Å². The molecule has 274 valence electrons. The number of aromatic hydroxyl groups is 2. The number of thioether (sulfide) groups is 2. The summed E-state index contributed by atoms with van der Waals surface area (Å²) in [4.78, 5) is 31.7.